The highest BCUT2D eigenvalue weighted by atomic mass is 16.5. The van der Waals surface area contributed by atoms with E-state index in [1.807, 2.05) is 97.1 Å². The Morgan fingerprint density at radius 1 is 0.594 bits per heavy atom. The first-order valence-corrected chi connectivity index (χ1v) is 23.1. The molecule has 2 aliphatic heterocycles. The lowest BCUT2D eigenvalue weighted by atomic mass is 9.86. The Bertz CT molecular complexity index is 1960. The normalized spacial score (nSPS) is 22.5. The van der Waals surface area contributed by atoms with Crippen molar-refractivity contribution >= 4 is 11.8 Å². The van der Waals surface area contributed by atoms with Crippen molar-refractivity contribution in [3.63, 3.8) is 0 Å². The van der Waals surface area contributed by atoms with Crippen molar-refractivity contribution in [2.45, 2.75) is 68.9 Å². The second-order valence-corrected chi connectivity index (χ2v) is 17.7. The van der Waals surface area contributed by atoms with E-state index >= 15 is 0 Å². The van der Waals surface area contributed by atoms with E-state index in [4.69, 9.17) is 18.9 Å². The maximum Gasteiger partial charge on any atom is 0.224 e. The first-order valence-electron chi connectivity index (χ1n) is 23.1. The predicted octanol–water partition coefficient (Wildman–Crippen LogP) is 3.82. The van der Waals surface area contributed by atoms with Crippen molar-refractivity contribution in [2.75, 3.05) is 78.9 Å². The molecule has 0 spiro atoms. The summed E-state index contributed by atoms with van der Waals surface area (Å²) in [5.74, 6) is -0.434. The molecule has 0 radical (unpaired) electrons. The summed E-state index contributed by atoms with van der Waals surface area (Å²) in [5.41, 5.74) is 5.57. The van der Waals surface area contributed by atoms with Crippen LogP contribution in [-0.4, -0.2) is 134 Å². The highest BCUT2D eigenvalue weighted by Gasteiger charge is 2.37. The molecule has 2 unspecified atom stereocenters. The average molecular weight is 877 g/mol. The lowest BCUT2D eigenvalue weighted by Crippen LogP contribution is -2.41. The standard InChI is InChI=1S/C51H64N4O9/c56-41(31-39(50(59)52-48-44-7-3-1-5-37(44)33-46(48)57)29-35-9-13-42(14-10-35)63-27-21-54-17-23-61-24-18-54)32-40(51(60)53-49-45-8-4-2-6-38(45)34-47(49)58)30-36-11-15-43(16-12-36)64-28-22-55-19-25-62-26-20-55/h1-16,39-41,46-49,56-58H,17-34H2,(H,52,59)(H,53,60)/t39?,40?,41?,46-,47-,48-,49-/m0/s1. The van der Waals surface area contributed by atoms with E-state index in [9.17, 15) is 24.9 Å². The summed E-state index contributed by atoms with van der Waals surface area (Å²) in [6.45, 7) is 9.23. The zero-order valence-corrected chi connectivity index (χ0v) is 36.7. The Kier molecular flexibility index (Phi) is 16.0. The lowest BCUT2D eigenvalue weighted by Gasteiger charge is -2.27. The number of aliphatic hydroxyl groups excluding tert-OH is 3. The second-order valence-electron chi connectivity index (χ2n) is 17.7. The van der Waals surface area contributed by atoms with Crippen LogP contribution in [0.15, 0.2) is 97.1 Å². The van der Waals surface area contributed by atoms with E-state index in [0.717, 1.165) is 111 Å². The number of rotatable bonds is 20. The number of morpholine rings is 2. The molecule has 2 fully saturated rings. The number of benzene rings is 4. The number of carbonyl (C=O) groups is 2. The van der Waals surface area contributed by atoms with Crippen LogP contribution in [0.5, 0.6) is 11.5 Å². The van der Waals surface area contributed by atoms with Gasteiger partial charge in [0.1, 0.15) is 24.7 Å². The summed E-state index contributed by atoms with van der Waals surface area (Å²) in [7, 11) is 0. The molecule has 64 heavy (non-hydrogen) atoms. The Balaban J connectivity index is 0.960. The van der Waals surface area contributed by atoms with Crippen LogP contribution in [0.1, 0.15) is 58.3 Å². The van der Waals surface area contributed by atoms with Crippen LogP contribution in [0, 0.1) is 11.8 Å². The molecule has 2 heterocycles. The Hall–Kier alpha value is -4.86. The quantitative estimate of drug-likeness (QED) is 0.0879. The molecule has 2 amide bonds. The van der Waals surface area contributed by atoms with Gasteiger partial charge in [0.05, 0.1) is 56.8 Å². The van der Waals surface area contributed by atoms with E-state index in [-0.39, 0.29) is 24.7 Å². The summed E-state index contributed by atoms with van der Waals surface area (Å²) < 4.78 is 23.0. The fraction of sp³-hybridized carbons (Fsp3) is 0.490. The molecular formula is C51H64N4O9. The van der Waals surface area contributed by atoms with E-state index in [1.54, 1.807) is 0 Å². The first kappa shape index (κ1) is 45.7. The van der Waals surface area contributed by atoms with Crippen LogP contribution in [0.2, 0.25) is 0 Å². The molecule has 13 nitrogen and oxygen atoms in total. The van der Waals surface area contributed by atoms with Crippen LogP contribution in [0.25, 0.3) is 0 Å². The summed E-state index contributed by atoms with van der Waals surface area (Å²) >= 11 is 0. The smallest absolute Gasteiger partial charge is 0.224 e. The van der Waals surface area contributed by atoms with Gasteiger partial charge in [-0.1, -0.05) is 72.8 Å². The van der Waals surface area contributed by atoms with Gasteiger partial charge in [-0.2, -0.15) is 0 Å². The van der Waals surface area contributed by atoms with Gasteiger partial charge in [-0.15, -0.1) is 0 Å². The first-order chi connectivity index (χ1) is 31.3. The molecule has 4 aliphatic rings. The molecule has 0 saturated carbocycles. The fourth-order valence-electron chi connectivity index (χ4n) is 9.60. The Morgan fingerprint density at radius 2 is 0.984 bits per heavy atom. The van der Waals surface area contributed by atoms with E-state index < -0.39 is 42.2 Å². The summed E-state index contributed by atoms with van der Waals surface area (Å²) in [6.07, 6.45) is -0.852. The van der Waals surface area contributed by atoms with Crippen molar-refractivity contribution in [3.8, 4) is 11.5 Å². The van der Waals surface area contributed by atoms with E-state index in [1.165, 1.54) is 0 Å². The largest absolute Gasteiger partial charge is 0.492 e. The third-order valence-corrected chi connectivity index (χ3v) is 13.2. The maximum atomic E-state index is 14.3. The van der Waals surface area contributed by atoms with Gasteiger partial charge < -0.3 is 44.9 Å². The van der Waals surface area contributed by atoms with Gasteiger partial charge in [-0.05, 0) is 83.3 Å². The Labute approximate surface area is 376 Å². The topological polar surface area (TPSA) is 162 Å². The van der Waals surface area contributed by atoms with Gasteiger partial charge in [0.25, 0.3) is 0 Å². The van der Waals surface area contributed by atoms with Crippen LogP contribution in [0.3, 0.4) is 0 Å². The molecule has 2 saturated heterocycles. The van der Waals surface area contributed by atoms with Crippen LogP contribution < -0.4 is 20.1 Å². The molecule has 5 N–H and O–H groups in total. The zero-order chi connectivity index (χ0) is 44.3. The third-order valence-electron chi connectivity index (χ3n) is 13.2. The number of nitrogens with one attached hydrogen (secondary N) is 2. The number of aliphatic hydroxyl groups is 3. The van der Waals surface area contributed by atoms with Gasteiger partial charge in [-0.3, -0.25) is 19.4 Å². The average Bonchev–Trinajstić information content (AvgIpc) is 3.81. The van der Waals surface area contributed by atoms with Crippen LogP contribution >= 0.6 is 0 Å². The highest BCUT2D eigenvalue weighted by Crippen LogP contribution is 2.34. The van der Waals surface area contributed by atoms with E-state index in [2.05, 4.69) is 20.4 Å². The van der Waals surface area contributed by atoms with Gasteiger partial charge in [0, 0.05) is 63.9 Å². The SMILES string of the molecule is O=C(N[C@H]1c2ccccc2C[C@@H]1O)C(Cc1ccc(OCCN2CCOCC2)cc1)CC(O)CC(Cc1ccc(OCCN2CCOCC2)cc1)C(=O)N[C@H]1c2ccccc2C[C@@H]1O. The molecule has 0 aromatic heterocycles. The third kappa shape index (κ3) is 12.3. The second kappa shape index (κ2) is 22.4. The van der Waals surface area contributed by atoms with Crippen molar-refractivity contribution in [1.82, 2.24) is 20.4 Å². The molecule has 6 atom stereocenters. The monoisotopic (exact) mass is 876 g/mol. The number of hydrogen-bond donors (Lipinski definition) is 5. The number of fused-ring (bicyclic) bond motifs is 2. The van der Waals surface area contributed by atoms with Gasteiger partial charge in [-0.25, -0.2) is 0 Å². The van der Waals surface area contributed by atoms with Gasteiger partial charge in [0.15, 0.2) is 0 Å². The molecule has 342 valence electrons. The number of ether oxygens (including phenoxy) is 4. The minimum absolute atomic E-state index is 0.0860. The molecular weight excluding hydrogens is 813 g/mol. The minimum Gasteiger partial charge on any atom is -0.492 e. The number of hydrogen-bond acceptors (Lipinski definition) is 11. The fourth-order valence-corrected chi connectivity index (χ4v) is 9.60. The molecule has 4 aromatic rings. The molecule has 2 aliphatic carbocycles. The molecule has 4 aromatic carbocycles. The molecule has 0 bridgehead atoms. The summed E-state index contributed by atoms with van der Waals surface area (Å²) in [6, 6.07) is 29.8. The number of carbonyl (C=O) groups excluding carboxylic acids is 2. The minimum atomic E-state index is -1.03. The van der Waals surface area contributed by atoms with Gasteiger partial charge in [0.2, 0.25) is 11.8 Å². The maximum absolute atomic E-state index is 14.3. The summed E-state index contributed by atoms with van der Waals surface area (Å²) in [5, 5.41) is 40.4. The molecule has 8 rings (SSSR count). The van der Waals surface area contributed by atoms with E-state index in [0.29, 0.717) is 38.9 Å². The highest BCUT2D eigenvalue weighted by molar-refractivity contribution is 5.81. The molecule has 13 heteroatoms. The number of nitrogens with zero attached hydrogens (tertiary/aromatic N) is 2. The predicted molar refractivity (Wildman–Crippen MR) is 242 cm³/mol. The van der Waals surface area contributed by atoms with Crippen LogP contribution in [0.4, 0.5) is 0 Å². The Morgan fingerprint density at radius 3 is 1.39 bits per heavy atom. The van der Waals surface area contributed by atoms with Crippen molar-refractivity contribution in [3.05, 3.63) is 130 Å². The van der Waals surface area contributed by atoms with Crippen molar-refractivity contribution in [1.29, 1.82) is 0 Å². The van der Waals surface area contributed by atoms with Gasteiger partial charge >= 0.3 is 0 Å². The van der Waals surface area contributed by atoms with Crippen molar-refractivity contribution < 1.29 is 43.9 Å². The zero-order valence-electron chi connectivity index (χ0n) is 36.7. The lowest BCUT2D eigenvalue weighted by molar-refractivity contribution is -0.128. The number of amides is 2. The van der Waals surface area contributed by atoms with Crippen molar-refractivity contribution in [2.24, 2.45) is 11.8 Å². The summed E-state index contributed by atoms with van der Waals surface area (Å²) in [4.78, 5) is 33.3. The van der Waals surface area contributed by atoms with Crippen LogP contribution in [-0.2, 0) is 44.7 Å².